The summed E-state index contributed by atoms with van der Waals surface area (Å²) >= 11 is 0. The fourth-order valence-electron chi connectivity index (χ4n) is 2.90. The van der Waals surface area contributed by atoms with Gasteiger partial charge in [-0.1, -0.05) is 6.07 Å². The van der Waals surface area contributed by atoms with Gasteiger partial charge in [0.2, 0.25) is 5.91 Å². The molecule has 0 unspecified atom stereocenters. The van der Waals surface area contributed by atoms with Crippen molar-refractivity contribution in [3.05, 3.63) is 59.9 Å². The van der Waals surface area contributed by atoms with E-state index in [0.717, 1.165) is 22.8 Å². The summed E-state index contributed by atoms with van der Waals surface area (Å²) in [4.78, 5) is 22.5. The van der Waals surface area contributed by atoms with Crippen LogP contribution in [0.1, 0.15) is 31.7 Å². The van der Waals surface area contributed by atoms with Crippen LogP contribution in [0.4, 0.5) is 24.7 Å². The van der Waals surface area contributed by atoms with Crippen LogP contribution >= 0.6 is 0 Å². The van der Waals surface area contributed by atoms with Crippen molar-refractivity contribution in [1.82, 2.24) is 9.97 Å². The second-order valence-corrected chi connectivity index (χ2v) is 7.34. The van der Waals surface area contributed by atoms with Gasteiger partial charge in [-0.25, -0.2) is 9.97 Å². The molecule has 1 N–H and O–H groups in total. The Morgan fingerprint density at radius 3 is 2.57 bits per heavy atom. The van der Waals surface area contributed by atoms with E-state index in [4.69, 9.17) is 0 Å². The normalized spacial score (nSPS) is 11.7. The molecular weight excluding hydrogens is 393 g/mol. The molecule has 1 amide bonds. The summed E-state index contributed by atoms with van der Waals surface area (Å²) in [5, 5.41) is 3.66. The summed E-state index contributed by atoms with van der Waals surface area (Å²) in [5.74, 6) is 0.570. The smallest absolute Gasteiger partial charge is 0.357 e. The van der Waals surface area contributed by atoms with Gasteiger partial charge in [0.05, 0.1) is 5.52 Å². The number of amides is 1. The number of aromatic nitrogens is 2. The number of pyridine rings is 2. The van der Waals surface area contributed by atoms with Crippen molar-refractivity contribution in [2.75, 3.05) is 17.3 Å². The van der Waals surface area contributed by atoms with E-state index >= 15 is 0 Å². The highest BCUT2D eigenvalue weighted by molar-refractivity contribution is 5.94. The van der Waals surface area contributed by atoms with Gasteiger partial charge in [-0.15, -0.1) is 0 Å². The van der Waals surface area contributed by atoms with Crippen molar-refractivity contribution in [2.45, 2.75) is 38.9 Å². The number of carbonyl (C=O) groups is 1. The first kappa shape index (κ1) is 21.5. The minimum Gasteiger partial charge on any atom is -0.357 e. The number of halogens is 3. The molecule has 158 valence electrons. The van der Waals surface area contributed by atoms with Crippen LogP contribution < -0.4 is 10.2 Å². The summed E-state index contributed by atoms with van der Waals surface area (Å²) in [5.41, 5.74) is 0.692. The zero-order valence-corrected chi connectivity index (χ0v) is 17.0. The SMILES string of the molecule is CC(C)N(C)c1ccc2cc(NC(=O)CCc3cccc(C(F)(F)F)n3)ccc2n1. The van der Waals surface area contributed by atoms with Crippen LogP contribution in [0.3, 0.4) is 0 Å². The Kier molecular flexibility index (Phi) is 6.24. The maximum absolute atomic E-state index is 12.7. The van der Waals surface area contributed by atoms with Crippen molar-refractivity contribution in [2.24, 2.45) is 0 Å². The lowest BCUT2D eigenvalue weighted by molar-refractivity contribution is -0.141. The lowest BCUT2D eigenvalue weighted by Crippen LogP contribution is -2.26. The van der Waals surface area contributed by atoms with E-state index in [2.05, 4.69) is 34.0 Å². The number of fused-ring (bicyclic) bond motifs is 1. The third-order valence-electron chi connectivity index (χ3n) is 4.80. The summed E-state index contributed by atoms with van der Waals surface area (Å²) in [6.07, 6.45) is -4.35. The molecule has 0 bridgehead atoms. The summed E-state index contributed by atoms with van der Waals surface area (Å²) in [7, 11) is 1.98. The first-order chi connectivity index (χ1) is 14.1. The van der Waals surface area contributed by atoms with Crippen LogP contribution in [0.25, 0.3) is 10.9 Å². The predicted octanol–water partition coefficient (Wildman–Crippen LogP) is 5.06. The molecule has 3 rings (SSSR count). The number of carbonyl (C=O) groups excluding carboxylic acids is 1. The molecule has 2 heterocycles. The highest BCUT2D eigenvalue weighted by Crippen LogP contribution is 2.27. The Morgan fingerprint density at radius 2 is 1.87 bits per heavy atom. The van der Waals surface area contributed by atoms with Gasteiger partial charge in [-0.2, -0.15) is 13.2 Å². The molecule has 2 aromatic heterocycles. The zero-order chi connectivity index (χ0) is 21.9. The highest BCUT2D eigenvalue weighted by Gasteiger charge is 2.32. The number of nitrogens with zero attached hydrogens (tertiary/aromatic N) is 3. The molecule has 0 spiro atoms. The number of rotatable bonds is 6. The Balaban J connectivity index is 1.64. The Bertz CT molecular complexity index is 1050. The van der Waals surface area contributed by atoms with Crippen LogP contribution in [0.2, 0.25) is 0 Å². The molecule has 0 aliphatic rings. The van der Waals surface area contributed by atoms with Gasteiger partial charge in [0, 0.05) is 36.3 Å². The summed E-state index contributed by atoms with van der Waals surface area (Å²) in [6.45, 7) is 4.17. The van der Waals surface area contributed by atoms with E-state index in [1.807, 2.05) is 31.3 Å². The molecule has 5 nitrogen and oxygen atoms in total. The van der Waals surface area contributed by atoms with E-state index < -0.39 is 11.9 Å². The lowest BCUT2D eigenvalue weighted by Gasteiger charge is -2.22. The summed E-state index contributed by atoms with van der Waals surface area (Å²) in [6, 6.07) is 13.3. The van der Waals surface area contributed by atoms with Gasteiger partial charge in [-0.3, -0.25) is 4.79 Å². The molecule has 0 atom stereocenters. The molecule has 0 saturated heterocycles. The van der Waals surface area contributed by atoms with Crippen molar-refractivity contribution >= 4 is 28.3 Å². The van der Waals surface area contributed by atoms with Crippen LogP contribution in [-0.2, 0) is 17.4 Å². The maximum atomic E-state index is 12.7. The summed E-state index contributed by atoms with van der Waals surface area (Å²) < 4.78 is 38.2. The van der Waals surface area contributed by atoms with Gasteiger partial charge in [0.25, 0.3) is 0 Å². The topological polar surface area (TPSA) is 58.1 Å². The Labute approximate surface area is 172 Å². The van der Waals surface area contributed by atoms with Gasteiger partial charge < -0.3 is 10.2 Å². The molecule has 8 heteroatoms. The zero-order valence-electron chi connectivity index (χ0n) is 17.0. The largest absolute Gasteiger partial charge is 0.433 e. The quantitative estimate of drug-likeness (QED) is 0.610. The van der Waals surface area contributed by atoms with Gasteiger partial charge >= 0.3 is 6.18 Å². The van der Waals surface area contributed by atoms with Crippen molar-refractivity contribution in [1.29, 1.82) is 0 Å². The van der Waals surface area contributed by atoms with Crippen LogP contribution in [0.15, 0.2) is 48.5 Å². The Hall–Kier alpha value is -3.16. The molecule has 1 aromatic carbocycles. The third kappa shape index (κ3) is 5.25. The number of nitrogens with one attached hydrogen (secondary N) is 1. The van der Waals surface area contributed by atoms with E-state index in [1.165, 1.54) is 12.1 Å². The first-order valence-corrected chi connectivity index (χ1v) is 9.60. The van der Waals surface area contributed by atoms with Crippen LogP contribution in [0, 0.1) is 0 Å². The van der Waals surface area contributed by atoms with Crippen molar-refractivity contribution < 1.29 is 18.0 Å². The number of alkyl halides is 3. The fraction of sp³-hybridized carbons (Fsp3) is 0.318. The lowest BCUT2D eigenvalue weighted by atomic mass is 10.1. The Morgan fingerprint density at radius 1 is 1.10 bits per heavy atom. The van der Waals surface area contributed by atoms with E-state index in [-0.39, 0.29) is 24.4 Å². The molecule has 0 aliphatic heterocycles. The predicted molar refractivity (Wildman–Crippen MR) is 111 cm³/mol. The molecule has 0 aliphatic carbocycles. The number of benzene rings is 1. The average molecular weight is 416 g/mol. The number of anilines is 2. The van der Waals surface area contributed by atoms with Gasteiger partial charge in [-0.05, 0) is 62.7 Å². The van der Waals surface area contributed by atoms with Crippen molar-refractivity contribution in [3.8, 4) is 0 Å². The fourth-order valence-corrected chi connectivity index (χ4v) is 2.90. The minimum atomic E-state index is -4.50. The van der Waals surface area contributed by atoms with E-state index in [1.54, 1.807) is 6.07 Å². The monoisotopic (exact) mass is 416 g/mol. The second-order valence-electron chi connectivity index (χ2n) is 7.34. The first-order valence-electron chi connectivity index (χ1n) is 9.60. The van der Waals surface area contributed by atoms with Crippen LogP contribution in [0.5, 0.6) is 0 Å². The van der Waals surface area contributed by atoms with Crippen LogP contribution in [-0.4, -0.2) is 29.0 Å². The molecule has 0 fully saturated rings. The molecule has 0 saturated carbocycles. The molecule has 0 radical (unpaired) electrons. The molecule has 3 aromatic rings. The molecular formula is C22H23F3N4O. The van der Waals surface area contributed by atoms with E-state index in [9.17, 15) is 18.0 Å². The standard InChI is InChI=1S/C22H23F3N4O/c1-14(2)29(3)20-11-7-15-13-17(8-10-18(15)28-20)27-21(30)12-9-16-5-4-6-19(26-16)22(23,24)25/h4-8,10-11,13-14H,9,12H2,1-3H3,(H,27,30). The second kappa shape index (κ2) is 8.69. The minimum absolute atomic E-state index is 0.0305. The van der Waals surface area contributed by atoms with Crippen molar-refractivity contribution in [3.63, 3.8) is 0 Å². The average Bonchev–Trinajstić information content (AvgIpc) is 2.71. The number of aryl methyl sites for hydroxylation is 1. The van der Waals surface area contributed by atoms with E-state index in [0.29, 0.717) is 11.7 Å². The molecule has 30 heavy (non-hydrogen) atoms. The number of hydrogen-bond acceptors (Lipinski definition) is 4. The third-order valence-corrected chi connectivity index (χ3v) is 4.80. The van der Waals surface area contributed by atoms with Gasteiger partial charge in [0.15, 0.2) is 0 Å². The van der Waals surface area contributed by atoms with Gasteiger partial charge in [0.1, 0.15) is 11.5 Å². The highest BCUT2D eigenvalue weighted by atomic mass is 19.4. The maximum Gasteiger partial charge on any atom is 0.433 e. The number of hydrogen-bond donors (Lipinski definition) is 1.